The first kappa shape index (κ1) is 20.7. The molecule has 2 N–H and O–H groups in total. The average Bonchev–Trinajstić information content (AvgIpc) is 3.10. The van der Waals surface area contributed by atoms with Crippen LogP contribution < -0.4 is 10.3 Å². The van der Waals surface area contributed by atoms with Gasteiger partial charge in [-0.25, -0.2) is 0 Å². The Morgan fingerprint density at radius 2 is 2.10 bits per heavy atom. The smallest absolute Gasteiger partial charge is 0.278 e. The van der Waals surface area contributed by atoms with Crippen molar-refractivity contribution in [3.8, 4) is 5.75 Å². The summed E-state index contributed by atoms with van der Waals surface area (Å²) in [6, 6.07) is 5.63. The lowest BCUT2D eigenvalue weighted by molar-refractivity contribution is -0.133. The fourth-order valence-corrected chi connectivity index (χ4v) is 4.59. The van der Waals surface area contributed by atoms with Gasteiger partial charge in [0.05, 0.1) is 12.6 Å². The number of carbonyl (C=O) groups is 1. The van der Waals surface area contributed by atoms with Crippen LogP contribution in [0.5, 0.6) is 5.75 Å². The molecule has 1 aromatic carbocycles. The summed E-state index contributed by atoms with van der Waals surface area (Å²) in [5, 5.41) is 0.876. The quantitative estimate of drug-likeness (QED) is 0.460. The molecule has 3 heterocycles. The zero-order valence-electron chi connectivity index (χ0n) is 17.5. The van der Waals surface area contributed by atoms with Gasteiger partial charge in [0.15, 0.2) is 4.77 Å². The van der Waals surface area contributed by atoms with E-state index in [9.17, 15) is 9.59 Å². The number of methoxy groups -OCH3 is 1. The number of ether oxygens (including phenoxy) is 1. The molecule has 7 nitrogen and oxygen atoms in total. The maximum Gasteiger partial charge on any atom is 0.278 e. The number of amides is 1. The molecule has 0 unspecified atom stereocenters. The van der Waals surface area contributed by atoms with Gasteiger partial charge in [0, 0.05) is 37.0 Å². The third-order valence-electron chi connectivity index (χ3n) is 5.97. The van der Waals surface area contributed by atoms with E-state index in [4.69, 9.17) is 17.0 Å². The Bertz CT molecular complexity index is 1190. The molecule has 1 saturated heterocycles. The lowest BCUT2D eigenvalue weighted by atomic mass is 10.00. The molecule has 2 aromatic heterocycles. The lowest BCUT2D eigenvalue weighted by Gasteiger charge is -2.31. The third-order valence-corrected chi connectivity index (χ3v) is 6.30. The highest BCUT2D eigenvalue weighted by atomic mass is 32.1. The Kier molecular flexibility index (Phi) is 5.94. The number of unbranched alkanes of at least 4 members (excludes halogenated alkanes) is 1. The summed E-state index contributed by atoms with van der Waals surface area (Å²) in [4.78, 5) is 33.8. The van der Waals surface area contributed by atoms with Gasteiger partial charge >= 0.3 is 0 Å². The topological polar surface area (TPSA) is 83.1 Å². The van der Waals surface area contributed by atoms with Crippen molar-refractivity contribution in [2.75, 3.05) is 20.2 Å². The summed E-state index contributed by atoms with van der Waals surface area (Å²) in [6.45, 7) is 4.43. The largest absolute Gasteiger partial charge is 0.497 e. The van der Waals surface area contributed by atoms with Crippen LogP contribution in [0.2, 0.25) is 0 Å². The van der Waals surface area contributed by atoms with Crippen LogP contribution in [0.25, 0.3) is 21.9 Å². The van der Waals surface area contributed by atoms with E-state index in [1.165, 1.54) is 6.42 Å². The maximum atomic E-state index is 13.0. The molecular weight excluding hydrogens is 400 g/mol. The number of fused-ring (bicyclic) bond motifs is 3. The van der Waals surface area contributed by atoms with Crippen molar-refractivity contribution in [2.45, 2.75) is 45.6 Å². The predicted molar refractivity (Wildman–Crippen MR) is 121 cm³/mol. The fourth-order valence-electron chi connectivity index (χ4n) is 4.31. The van der Waals surface area contributed by atoms with E-state index < -0.39 is 0 Å². The number of piperidine rings is 1. The normalized spacial score (nSPS) is 17.0. The second-order valence-electron chi connectivity index (χ2n) is 8.22. The first-order chi connectivity index (χ1) is 14.5. The number of nitrogens with zero attached hydrogens (tertiary/aromatic N) is 2. The van der Waals surface area contributed by atoms with Gasteiger partial charge in [0.25, 0.3) is 5.56 Å². The highest BCUT2D eigenvalue weighted by molar-refractivity contribution is 7.71. The van der Waals surface area contributed by atoms with Crippen LogP contribution in [0.15, 0.2) is 23.0 Å². The first-order valence-corrected chi connectivity index (χ1v) is 11.0. The molecule has 1 atom stereocenters. The van der Waals surface area contributed by atoms with Crippen molar-refractivity contribution >= 4 is 40.1 Å². The molecule has 1 amide bonds. The zero-order valence-corrected chi connectivity index (χ0v) is 18.3. The van der Waals surface area contributed by atoms with E-state index in [0.29, 0.717) is 34.7 Å². The number of hydrogen-bond donors (Lipinski definition) is 2. The number of hydrogen-bond acceptors (Lipinski definition) is 4. The molecule has 0 aliphatic carbocycles. The molecule has 1 aliphatic heterocycles. The molecule has 0 bridgehead atoms. The van der Waals surface area contributed by atoms with Crippen LogP contribution in [0.4, 0.5) is 0 Å². The molecule has 0 spiro atoms. The second-order valence-corrected chi connectivity index (χ2v) is 8.60. The minimum absolute atomic E-state index is 0.139. The van der Waals surface area contributed by atoms with E-state index in [1.54, 1.807) is 11.7 Å². The highest BCUT2D eigenvalue weighted by Gasteiger charge is 2.20. The number of benzene rings is 1. The van der Waals surface area contributed by atoms with Gasteiger partial charge in [0.2, 0.25) is 5.91 Å². The van der Waals surface area contributed by atoms with Crippen molar-refractivity contribution in [3.05, 3.63) is 33.3 Å². The highest BCUT2D eigenvalue weighted by Crippen LogP contribution is 2.26. The van der Waals surface area contributed by atoms with Gasteiger partial charge in [-0.05, 0) is 62.0 Å². The molecule has 0 saturated carbocycles. The van der Waals surface area contributed by atoms with E-state index in [0.717, 1.165) is 49.0 Å². The number of aromatic nitrogens is 3. The maximum absolute atomic E-state index is 13.0. The Labute approximate surface area is 180 Å². The molecule has 1 fully saturated rings. The van der Waals surface area contributed by atoms with E-state index in [-0.39, 0.29) is 11.5 Å². The number of aromatic amines is 2. The monoisotopic (exact) mass is 428 g/mol. The van der Waals surface area contributed by atoms with Crippen LogP contribution in [0, 0.1) is 10.7 Å². The minimum Gasteiger partial charge on any atom is -0.497 e. The summed E-state index contributed by atoms with van der Waals surface area (Å²) in [7, 11) is 1.61. The Balaban J connectivity index is 1.47. The summed E-state index contributed by atoms with van der Waals surface area (Å²) < 4.78 is 7.27. The SMILES string of the molecule is COc1ccc2[nH]c3c(=O)n(CCCCC(=O)N4CCC[C@@H](C)C4)c(=S)[nH]c3c2c1. The van der Waals surface area contributed by atoms with Gasteiger partial charge in [-0.3, -0.25) is 14.2 Å². The van der Waals surface area contributed by atoms with Crippen molar-refractivity contribution < 1.29 is 9.53 Å². The van der Waals surface area contributed by atoms with Gasteiger partial charge in [-0.2, -0.15) is 0 Å². The average molecular weight is 429 g/mol. The van der Waals surface area contributed by atoms with Crippen LogP contribution in [0.1, 0.15) is 39.0 Å². The number of H-pyrrole nitrogens is 2. The predicted octanol–water partition coefficient (Wildman–Crippen LogP) is 3.98. The molecule has 30 heavy (non-hydrogen) atoms. The Hall–Kier alpha value is -2.61. The number of likely N-dealkylation sites (tertiary alicyclic amines) is 1. The van der Waals surface area contributed by atoms with Gasteiger partial charge in [0.1, 0.15) is 11.3 Å². The molecule has 160 valence electrons. The van der Waals surface area contributed by atoms with Gasteiger partial charge in [-0.1, -0.05) is 6.92 Å². The minimum atomic E-state index is -0.139. The zero-order chi connectivity index (χ0) is 21.3. The van der Waals surface area contributed by atoms with Crippen LogP contribution in [-0.2, 0) is 11.3 Å². The van der Waals surface area contributed by atoms with Crippen molar-refractivity contribution in [3.63, 3.8) is 0 Å². The Morgan fingerprint density at radius 3 is 2.87 bits per heavy atom. The Morgan fingerprint density at radius 1 is 1.27 bits per heavy atom. The summed E-state index contributed by atoms with van der Waals surface area (Å²) in [5.41, 5.74) is 1.92. The summed E-state index contributed by atoms with van der Waals surface area (Å²) in [6.07, 6.45) is 4.28. The molecule has 0 radical (unpaired) electrons. The summed E-state index contributed by atoms with van der Waals surface area (Å²) >= 11 is 5.46. The van der Waals surface area contributed by atoms with Crippen molar-refractivity contribution in [2.24, 2.45) is 5.92 Å². The number of carbonyl (C=O) groups excluding carboxylic acids is 1. The van der Waals surface area contributed by atoms with Gasteiger partial charge in [-0.15, -0.1) is 0 Å². The molecule has 8 heteroatoms. The van der Waals surface area contributed by atoms with Gasteiger partial charge < -0.3 is 19.6 Å². The summed E-state index contributed by atoms with van der Waals surface area (Å²) in [5.74, 6) is 1.53. The molecular formula is C22H28N4O3S. The van der Waals surface area contributed by atoms with Crippen molar-refractivity contribution in [1.29, 1.82) is 0 Å². The lowest BCUT2D eigenvalue weighted by Crippen LogP contribution is -2.39. The van der Waals surface area contributed by atoms with Crippen LogP contribution in [-0.4, -0.2) is 45.5 Å². The van der Waals surface area contributed by atoms with Crippen LogP contribution >= 0.6 is 12.2 Å². The first-order valence-electron chi connectivity index (χ1n) is 10.6. The van der Waals surface area contributed by atoms with E-state index in [2.05, 4.69) is 16.9 Å². The van der Waals surface area contributed by atoms with Crippen LogP contribution in [0.3, 0.4) is 0 Å². The fraction of sp³-hybridized carbons (Fsp3) is 0.500. The van der Waals surface area contributed by atoms with E-state index in [1.807, 2.05) is 23.1 Å². The molecule has 1 aliphatic rings. The molecule has 4 rings (SSSR count). The molecule has 3 aromatic rings. The third kappa shape index (κ3) is 4.01. The standard InChI is InChI=1S/C22H28N4O3S/c1-14-6-5-10-25(13-14)18(27)7-3-4-11-26-21(28)20-19(24-22(26)30)16-12-15(29-2)8-9-17(16)23-20/h8-9,12,14,23H,3-7,10-11,13H2,1-2H3,(H,24,30)/t14-/m1/s1. The van der Waals surface area contributed by atoms with E-state index >= 15 is 0 Å². The van der Waals surface area contributed by atoms with Crippen molar-refractivity contribution in [1.82, 2.24) is 19.4 Å². The number of nitrogens with one attached hydrogen (secondary N) is 2. The second kappa shape index (κ2) is 8.63. The number of rotatable bonds is 6.